The van der Waals surface area contributed by atoms with Crippen molar-refractivity contribution in [2.24, 2.45) is 0 Å². The summed E-state index contributed by atoms with van der Waals surface area (Å²) in [6, 6.07) is 8.10. The monoisotopic (exact) mass is 487 g/mol. The SMILES string of the molecule is CN/C=C1/C=C(c2c(-c3ccc(C#N)c(F)c3)cc(C(=O)N3CCCCC3)n2CCCO)C=CC1=N. The highest BCUT2D eigenvalue weighted by Gasteiger charge is 2.27. The van der Waals surface area contributed by atoms with Crippen LogP contribution in [0.4, 0.5) is 4.39 Å². The van der Waals surface area contributed by atoms with E-state index in [0.29, 0.717) is 59.9 Å². The van der Waals surface area contributed by atoms with E-state index in [4.69, 9.17) is 5.41 Å². The predicted molar refractivity (Wildman–Crippen MR) is 138 cm³/mol. The molecular weight excluding hydrogens is 457 g/mol. The number of benzene rings is 1. The summed E-state index contributed by atoms with van der Waals surface area (Å²) >= 11 is 0. The quantitative estimate of drug-likeness (QED) is 0.543. The maximum atomic E-state index is 14.7. The number of rotatable bonds is 7. The molecular formula is C28H30FN5O2. The fraction of sp³-hybridized carbons (Fsp3) is 0.321. The fourth-order valence-electron chi connectivity index (χ4n) is 4.74. The van der Waals surface area contributed by atoms with Crippen LogP contribution < -0.4 is 5.32 Å². The summed E-state index contributed by atoms with van der Waals surface area (Å²) in [6.07, 6.45) is 10.6. The van der Waals surface area contributed by atoms with E-state index in [0.717, 1.165) is 24.8 Å². The van der Waals surface area contributed by atoms with E-state index in [1.165, 1.54) is 12.1 Å². The number of hydrogen-bond acceptors (Lipinski definition) is 5. The average Bonchev–Trinajstić information content (AvgIpc) is 3.28. The first-order valence-corrected chi connectivity index (χ1v) is 12.2. The molecule has 0 saturated carbocycles. The van der Waals surface area contributed by atoms with E-state index in [2.05, 4.69) is 5.32 Å². The largest absolute Gasteiger partial charge is 0.396 e. The van der Waals surface area contributed by atoms with E-state index in [1.807, 2.05) is 27.7 Å². The number of allylic oxidation sites excluding steroid dienone is 5. The number of aliphatic hydroxyl groups excluding tert-OH is 1. The number of piperidine rings is 1. The lowest BCUT2D eigenvalue weighted by atomic mass is 9.94. The number of nitrogens with one attached hydrogen (secondary N) is 2. The molecule has 0 atom stereocenters. The molecule has 1 aromatic carbocycles. The first-order valence-electron chi connectivity index (χ1n) is 12.2. The summed E-state index contributed by atoms with van der Waals surface area (Å²) < 4.78 is 16.6. The Balaban J connectivity index is 1.95. The molecule has 0 spiro atoms. The van der Waals surface area contributed by atoms with Crippen molar-refractivity contribution >= 4 is 17.2 Å². The minimum atomic E-state index is -0.626. The average molecular weight is 488 g/mol. The number of carbonyl (C=O) groups excluding carboxylic acids is 1. The lowest BCUT2D eigenvalue weighted by Crippen LogP contribution is -2.36. The standard InChI is InChI=1S/C28H30FN5O2/c1-32-18-22-14-20(8-9-25(22)31)27-23(19-6-7-21(17-30)24(29)15-19)16-26(34(27)12-5-13-35)28(36)33-10-3-2-4-11-33/h6-9,14-16,18,31-32,35H,2-5,10-13H2,1H3/b22-18-,31-25?. The minimum absolute atomic E-state index is 0.0414. The molecule has 1 aliphatic heterocycles. The molecule has 2 aromatic rings. The molecule has 2 aliphatic rings. The van der Waals surface area contributed by atoms with Crippen LogP contribution in [0, 0.1) is 22.6 Å². The molecule has 1 saturated heterocycles. The second kappa shape index (κ2) is 11.2. The topological polar surface area (TPSA) is 105 Å². The molecule has 1 aliphatic carbocycles. The number of likely N-dealkylation sites (tertiary alicyclic amines) is 1. The molecule has 1 amide bonds. The molecule has 0 unspecified atom stereocenters. The molecule has 2 heterocycles. The molecule has 1 aromatic heterocycles. The van der Waals surface area contributed by atoms with Crippen LogP contribution in [0.3, 0.4) is 0 Å². The lowest BCUT2D eigenvalue weighted by Gasteiger charge is -2.27. The molecule has 36 heavy (non-hydrogen) atoms. The van der Waals surface area contributed by atoms with Gasteiger partial charge in [0.15, 0.2) is 0 Å². The Bertz CT molecular complexity index is 1310. The lowest BCUT2D eigenvalue weighted by molar-refractivity contribution is 0.0712. The number of halogens is 1. The zero-order chi connectivity index (χ0) is 25.7. The third-order valence-electron chi connectivity index (χ3n) is 6.52. The Morgan fingerprint density at radius 3 is 2.69 bits per heavy atom. The predicted octanol–water partition coefficient (Wildman–Crippen LogP) is 4.25. The van der Waals surface area contributed by atoms with E-state index >= 15 is 0 Å². The van der Waals surface area contributed by atoms with Crippen LogP contribution in [0.1, 0.15) is 47.4 Å². The maximum absolute atomic E-state index is 14.7. The van der Waals surface area contributed by atoms with Gasteiger partial charge in [-0.3, -0.25) is 4.79 Å². The van der Waals surface area contributed by atoms with Crippen molar-refractivity contribution in [3.63, 3.8) is 0 Å². The van der Waals surface area contributed by atoms with E-state index in [-0.39, 0.29) is 18.1 Å². The van der Waals surface area contributed by atoms with Gasteiger partial charge in [-0.2, -0.15) is 5.26 Å². The zero-order valence-electron chi connectivity index (χ0n) is 20.4. The third kappa shape index (κ3) is 5.02. The maximum Gasteiger partial charge on any atom is 0.270 e. The van der Waals surface area contributed by atoms with Gasteiger partial charge < -0.3 is 25.3 Å². The molecule has 3 N–H and O–H groups in total. The molecule has 0 radical (unpaired) electrons. The van der Waals surface area contributed by atoms with Crippen molar-refractivity contribution in [3.05, 3.63) is 77.0 Å². The minimum Gasteiger partial charge on any atom is -0.396 e. The fourth-order valence-corrected chi connectivity index (χ4v) is 4.74. The van der Waals surface area contributed by atoms with Gasteiger partial charge >= 0.3 is 0 Å². The van der Waals surface area contributed by atoms with Gasteiger partial charge in [-0.25, -0.2) is 4.39 Å². The van der Waals surface area contributed by atoms with Crippen molar-refractivity contribution in [2.75, 3.05) is 26.7 Å². The van der Waals surface area contributed by atoms with Crippen molar-refractivity contribution in [2.45, 2.75) is 32.2 Å². The number of amides is 1. The van der Waals surface area contributed by atoms with Crippen LogP contribution in [-0.4, -0.2) is 52.9 Å². The normalized spacial score (nSPS) is 16.7. The van der Waals surface area contributed by atoms with Gasteiger partial charge in [0.25, 0.3) is 5.91 Å². The van der Waals surface area contributed by atoms with Gasteiger partial charge in [0, 0.05) is 50.6 Å². The van der Waals surface area contributed by atoms with Crippen LogP contribution in [0.15, 0.2) is 54.3 Å². The molecule has 1 fully saturated rings. The van der Waals surface area contributed by atoms with Crippen molar-refractivity contribution in [3.8, 4) is 17.2 Å². The number of nitriles is 1. The van der Waals surface area contributed by atoms with Gasteiger partial charge in [-0.05, 0) is 67.2 Å². The summed E-state index contributed by atoms with van der Waals surface area (Å²) in [7, 11) is 1.76. The Hall–Kier alpha value is -3.96. The summed E-state index contributed by atoms with van der Waals surface area (Å²) in [6.45, 7) is 1.73. The summed E-state index contributed by atoms with van der Waals surface area (Å²) in [5.74, 6) is -0.716. The Labute approximate surface area is 210 Å². The number of nitrogens with zero attached hydrogens (tertiary/aromatic N) is 3. The Kier molecular flexibility index (Phi) is 7.81. The zero-order valence-corrected chi connectivity index (χ0v) is 20.4. The van der Waals surface area contributed by atoms with Crippen molar-refractivity contribution in [1.82, 2.24) is 14.8 Å². The number of hydrogen-bond donors (Lipinski definition) is 3. The van der Waals surface area contributed by atoms with Gasteiger partial charge in [0.2, 0.25) is 0 Å². The van der Waals surface area contributed by atoms with Crippen molar-refractivity contribution in [1.29, 1.82) is 10.7 Å². The van der Waals surface area contributed by atoms with Crippen LogP contribution in [0.5, 0.6) is 0 Å². The number of aromatic nitrogens is 1. The highest BCUT2D eigenvalue weighted by molar-refractivity contribution is 6.13. The van der Waals surface area contributed by atoms with Crippen molar-refractivity contribution < 1.29 is 14.3 Å². The first kappa shape index (κ1) is 25.1. The molecule has 186 valence electrons. The first-order chi connectivity index (χ1) is 17.5. The van der Waals surface area contributed by atoms with E-state index < -0.39 is 5.82 Å². The number of aliphatic hydroxyl groups is 1. The third-order valence-corrected chi connectivity index (χ3v) is 6.52. The summed E-state index contributed by atoms with van der Waals surface area (Å²) in [5.41, 5.74) is 4.13. The van der Waals surface area contributed by atoms with E-state index in [1.54, 1.807) is 31.5 Å². The molecule has 4 rings (SSSR count). The van der Waals surface area contributed by atoms with Gasteiger partial charge in [-0.1, -0.05) is 12.1 Å². The van der Waals surface area contributed by atoms with Crippen LogP contribution in [-0.2, 0) is 6.54 Å². The Morgan fingerprint density at radius 1 is 1.25 bits per heavy atom. The van der Waals surface area contributed by atoms with Gasteiger partial charge in [0.05, 0.1) is 17.0 Å². The molecule has 7 nitrogen and oxygen atoms in total. The Morgan fingerprint density at radius 2 is 2.03 bits per heavy atom. The number of carbonyl (C=O) groups is 1. The second-order valence-electron chi connectivity index (χ2n) is 8.91. The van der Waals surface area contributed by atoms with Gasteiger partial charge in [-0.15, -0.1) is 0 Å². The second-order valence-corrected chi connectivity index (χ2v) is 8.91. The van der Waals surface area contributed by atoms with Gasteiger partial charge in [0.1, 0.15) is 17.6 Å². The van der Waals surface area contributed by atoms with Crippen LogP contribution >= 0.6 is 0 Å². The van der Waals surface area contributed by atoms with E-state index in [9.17, 15) is 19.6 Å². The van der Waals surface area contributed by atoms with Crippen LogP contribution in [0.2, 0.25) is 0 Å². The highest BCUT2D eigenvalue weighted by atomic mass is 19.1. The summed E-state index contributed by atoms with van der Waals surface area (Å²) in [4.78, 5) is 15.5. The summed E-state index contributed by atoms with van der Waals surface area (Å²) in [5, 5.41) is 30.0. The molecule has 8 heteroatoms. The molecule has 0 bridgehead atoms. The smallest absolute Gasteiger partial charge is 0.270 e. The van der Waals surface area contributed by atoms with Crippen LogP contribution in [0.25, 0.3) is 16.7 Å². The highest BCUT2D eigenvalue weighted by Crippen LogP contribution is 2.36.